The van der Waals surface area contributed by atoms with E-state index in [-0.39, 0.29) is 10.8 Å². The van der Waals surface area contributed by atoms with Crippen LogP contribution in [0.3, 0.4) is 0 Å². The van der Waals surface area contributed by atoms with Crippen molar-refractivity contribution in [3.05, 3.63) is 70.9 Å². The third-order valence-electron chi connectivity index (χ3n) is 6.28. The van der Waals surface area contributed by atoms with Crippen molar-refractivity contribution in [3.63, 3.8) is 0 Å². The van der Waals surface area contributed by atoms with Crippen LogP contribution in [0.5, 0.6) is 5.75 Å². The van der Waals surface area contributed by atoms with Gasteiger partial charge in [0.05, 0.1) is 23.3 Å². The summed E-state index contributed by atoms with van der Waals surface area (Å²) < 4.78 is 6.62. The molecular weight excluding hydrogens is 368 g/mol. The number of pyridine rings is 1. The molecule has 4 rings (SSSR count). The van der Waals surface area contributed by atoms with Crippen molar-refractivity contribution in [1.82, 2.24) is 4.98 Å². The summed E-state index contributed by atoms with van der Waals surface area (Å²) in [6.45, 7) is 17.9. The fraction of sp³-hybridized carbons (Fsp3) is 0.444. The Balaban J connectivity index is 1.89. The Kier molecular flexibility index (Phi) is 4.84. The lowest BCUT2D eigenvalue weighted by atomic mass is 9.74. The van der Waals surface area contributed by atoms with Crippen molar-refractivity contribution >= 4 is 11.4 Å². The van der Waals surface area contributed by atoms with Gasteiger partial charge in [-0.3, -0.25) is 4.98 Å². The average Bonchev–Trinajstić information content (AvgIpc) is 2.65. The quantitative estimate of drug-likeness (QED) is 0.495. The van der Waals surface area contributed by atoms with Crippen LogP contribution in [-0.4, -0.2) is 4.98 Å². The summed E-state index contributed by atoms with van der Waals surface area (Å²) in [6.07, 6.45) is 5.30. The molecule has 0 fully saturated rings. The van der Waals surface area contributed by atoms with Gasteiger partial charge in [-0.15, -0.1) is 0 Å². The summed E-state index contributed by atoms with van der Waals surface area (Å²) in [4.78, 5) is 6.91. The first kappa shape index (κ1) is 20.7. The molecule has 0 spiro atoms. The van der Waals surface area contributed by atoms with E-state index in [2.05, 4.69) is 94.8 Å². The normalized spacial score (nSPS) is 19.1. The number of hydrogen-bond acceptors (Lipinski definition) is 3. The molecule has 2 heterocycles. The molecule has 2 aliphatic rings. The Morgan fingerprint density at radius 1 is 1.00 bits per heavy atom. The Morgan fingerprint density at radius 2 is 1.73 bits per heavy atom. The second-order valence-corrected chi connectivity index (χ2v) is 10.8. The summed E-state index contributed by atoms with van der Waals surface area (Å²) in [7, 11) is 0. The predicted molar refractivity (Wildman–Crippen MR) is 125 cm³/mol. The van der Waals surface area contributed by atoms with Crippen LogP contribution in [0.15, 0.2) is 59.6 Å². The Labute approximate surface area is 181 Å². The number of ether oxygens (including phenoxy) is 1. The second kappa shape index (κ2) is 7.01. The van der Waals surface area contributed by atoms with Gasteiger partial charge in [-0.1, -0.05) is 53.7 Å². The number of fused-ring (bicyclic) bond motifs is 1. The van der Waals surface area contributed by atoms with Crippen molar-refractivity contribution in [2.75, 3.05) is 4.90 Å². The van der Waals surface area contributed by atoms with E-state index in [0.29, 0.717) is 5.92 Å². The number of aryl methyl sites for hydroxylation is 1. The van der Waals surface area contributed by atoms with Crippen LogP contribution in [0, 0.1) is 18.3 Å². The second-order valence-electron chi connectivity index (χ2n) is 10.8. The maximum atomic E-state index is 6.62. The van der Waals surface area contributed by atoms with Gasteiger partial charge < -0.3 is 9.64 Å². The molecule has 0 saturated carbocycles. The molecule has 1 unspecified atom stereocenters. The zero-order valence-electron chi connectivity index (χ0n) is 19.6. The van der Waals surface area contributed by atoms with Crippen LogP contribution < -0.4 is 9.64 Å². The first-order chi connectivity index (χ1) is 13.9. The molecule has 1 atom stereocenters. The van der Waals surface area contributed by atoms with Crippen LogP contribution in [0.2, 0.25) is 0 Å². The minimum absolute atomic E-state index is 0.0691. The van der Waals surface area contributed by atoms with E-state index in [0.717, 1.165) is 40.7 Å². The minimum atomic E-state index is 0.0691. The molecule has 3 heteroatoms. The van der Waals surface area contributed by atoms with Crippen LogP contribution in [-0.2, 0) is 5.41 Å². The molecule has 1 aliphatic carbocycles. The van der Waals surface area contributed by atoms with Crippen molar-refractivity contribution in [2.45, 2.75) is 67.2 Å². The van der Waals surface area contributed by atoms with Gasteiger partial charge in [-0.05, 0) is 66.0 Å². The van der Waals surface area contributed by atoms with E-state index >= 15 is 0 Å². The van der Waals surface area contributed by atoms with E-state index in [9.17, 15) is 0 Å². The summed E-state index contributed by atoms with van der Waals surface area (Å²) in [5, 5.41) is 0. The Bertz CT molecular complexity index is 1030. The highest BCUT2D eigenvalue weighted by Gasteiger charge is 2.36. The Morgan fingerprint density at radius 3 is 2.33 bits per heavy atom. The molecule has 0 amide bonds. The average molecular weight is 403 g/mol. The van der Waals surface area contributed by atoms with E-state index in [1.54, 1.807) is 0 Å². The Hall–Kier alpha value is -2.55. The monoisotopic (exact) mass is 402 g/mol. The zero-order valence-corrected chi connectivity index (χ0v) is 19.6. The largest absolute Gasteiger partial charge is 0.457 e. The van der Waals surface area contributed by atoms with Gasteiger partial charge in [0, 0.05) is 12.1 Å². The first-order valence-electron chi connectivity index (χ1n) is 10.9. The highest BCUT2D eigenvalue weighted by molar-refractivity contribution is 5.78. The SMILES string of the molecule is CC1=CC(C(C)(C)C)CC2=C1N(c1ccc(C)nc1)c1ccc(C(C)(C)C)cc1O2. The third kappa shape index (κ3) is 3.66. The molecule has 0 bridgehead atoms. The molecule has 158 valence electrons. The molecule has 1 aliphatic heterocycles. The van der Waals surface area contributed by atoms with E-state index in [1.807, 2.05) is 13.1 Å². The standard InChI is InChI=1S/C27H34N2O/c1-17-13-20(27(6,7)8)15-24-25(17)29(21-11-9-18(2)28-16-21)22-12-10-19(26(3,4)5)14-23(22)30-24/h9-14,16,20H,15H2,1-8H3. The van der Waals surface area contributed by atoms with Gasteiger partial charge in [0.2, 0.25) is 0 Å². The van der Waals surface area contributed by atoms with Gasteiger partial charge in [-0.2, -0.15) is 0 Å². The lowest BCUT2D eigenvalue weighted by molar-refractivity contribution is 0.252. The molecule has 0 saturated heterocycles. The number of anilines is 2. The van der Waals surface area contributed by atoms with Crippen molar-refractivity contribution in [2.24, 2.45) is 11.3 Å². The number of hydrogen-bond donors (Lipinski definition) is 0. The van der Waals surface area contributed by atoms with Crippen molar-refractivity contribution in [1.29, 1.82) is 0 Å². The minimum Gasteiger partial charge on any atom is -0.457 e. The molecule has 30 heavy (non-hydrogen) atoms. The summed E-state index contributed by atoms with van der Waals surface area (Å²) >= 11 is 0. The molecule has 3 nitrogen and oxygen atoms in total. The fourth-order valence-electron chi connectivity index (χ4n) is 4.26. The van der Waals surface area contributed by atoms with E-state index in [4.69, 9.17) is 4.74 Å². The maximum Gasteiger partial charge on any atom is 0.151 e. The number of benzene rings is 1. The van der Waals surface area contributed by atoms with E-state index < -0.39 is 0 Å². The zero-order chi connectivity index (χ0) is 21.8. The summed E-state index contributed by atoms with van der Waals surface area (Å²) in [6, 6.07) is 10.9. The van der Waals surface area contributed by atoms with Crippen LogP contribution >= 0.6 is 0 Å². The first-order valence-corrected chi connectivity index (χ1v) is 10.9. The number of nitrogens with zero attached hydrogens (tertiary/aromatic N) is 2. The number of rotatable bonds is 1. The third-order valence-corrected chi connectivity index (χ3v) is 6.28. The summed E-state index contributed by atoms with van der Waals surface area (Å²) in [5.41, 5.74) is 7.14. The summed E-state index contributed by atoms with van der Waals surface area (Å²) in [5.74, 6) is 2.44. The molecule has 1 aromatic carbocycles. The van der Waals surface area contributed by atoms with Gasteiger partial charge >= 0.3 is 0 Å². The molecule has 2 aromatic rings. The van der Waals surface area contributed by atoms with Crippen molar-refractivity contribution < 1.29 is 4.74 Å². The lowest BCUT2D eigenvalue weighted by Gasteiger charge is -2.41. The van der Waals surface area contributed by atoms with Crippen LogP contribution in [0.4, 0.5) is 11.4 Å². The lowest BCUT2D eigenvalue weighted by Crippen LogP contribution is -2.32. The molecule has 1 aromatic heterocycles. The van der Waals surface area contributed by atoms with Gasteiger partial charge in [-0.25, -0.2) is 0 Å². The van der Waals surface area contributed by atoms with Gasteiger partial charge in [0.15, 0.2) is 5.75 Å². The van der Waals surface area contributed by atoms with E-state index in [1.165, 1.54) is 11.1 Å². The number of allylic oxidation sites excluding steroid dienone is 3. The topological polar surface area (TPSA) is 25.4 Å². The molecular formula is C27H34N2O. The molecule has 0 N–H and O–H groups in total. The smallest absolute Gasteiger partial charge is 0.151 e. The van der Waals surface area contributed by atoms with Gasteiger partial charge in [0.1, 0.15) is 5.76 Å². The highest BCUT2D eigenvalue weighted by atomic mass is 16.5. The van der Waals surface area contributed by atoms with Crippen LogP contribution in [0.1, 0.15) is 66.1 Å². The maximum absolute atomic E-state index is 6.62. The van der Waals surface area contributed by atoms with Crippen molar-refractivity contribution in [3.8, 4) is 5.75 Å². The fourth-order valence-corrected chi connectivity index (χ4v) is 4.26. The predicted octanol–water partition coefficient (Wildman–Crippen LogP) is 7.44. The highest BCUT2D eigenvalue weighted by Crippen LogP contribution is 2.50. The van der Waals surface area contributed by atoms with Crippen LogP contribution in [0.25, 0.3) is 0 Å². The molecule has 0 radical (unpaired) electrons. The van der Waals surface area contributed by atoms with Gasteiger partial charge in [0.25, 0.3) is 0 Å². The number of aromatic nitrogens is 1.